The summed E-state index contributed by atoms with van der Waals surface area (Å²) in [5, 5.41) is 2.89. The van der Waals surface area contributed by atoms with Gasteiger partial charge >= 0.3 is 0 Å². The van der Waals surface area contributed by atoms with E-state index in [4.69, 9.17) is 17.0 Å². The van der Waals surface area contributed by atoms with E-state index in [1.54, 1.807) is 0 Å². The number of carbonyl (C=O) groups excluding carboxylic acids is 2. The van der Waals surface area contributed by atoms with Gasteiger partial charge in [0.1, 0.15) is 0 Å². The number of carbonyl (C=O) groups is 2. The number of primary amides is 2. The summed E-state index contributed by atoms with van der Waals surface area (Å²) in [6, 6.07) is 0. The molecule has 0 rings (SSSR count). The molecule has 0 saturated heterocycles. The van der Waals surface area contributed by atoms with Gasteiger partial charge in [0, 0.05) is 4.91 Å². The van der Waals surface area contributed by atoms with Gasteiger partial charge in [-0.15, -0.1) is 0 Å². The molecule has 0 aliphatic heterocycles. The summed E-state index contributed by atoms with van der Waals surface area (Å²) >= 11 is 0. The molecule has 60 valence electrons. The second-order valence-electron chi connectivity index (χ2n) is 1.99. The highest BCUT2D eigenvalue weighted by Crippen LogP contribution is 2.07. The van der Waals surface area contributed by atoms with Gasteiger partial charge in [0.15, 0.2) is 0 Å². The smallest absolute Gasteiger partial charge is 0.238 e. The predicted molar refractivity (Wildman–Crippen MR) is 35.9 cm³/mol. The largest absolute Gasteiger partial charge is 0.369 e. The zero-order valence-electron chi connectivity index (χ0n) is 5.81. The first kappa shape index (κ1) is 9.25. The van der Waals surface area contributed by atoms with Crippen LogP contribution >= 0.6 is 0 Å². The topological polar surface area (TPSA) is 135 Å². The molecule has 7 heteroatoms. The Morgan fingerprint density at radius 1 is 1.45 bits per heavy atom. The lowest BCUT2D eigenvalue weighted by atomic mass is 10.0. The molecule has 4 N–H and O–H groups in total. The molecule has 0 radical (unpaired) electrons. The van der Waals surface area contributed by atoms with Crippen LogP contribution in [0, 0.1) is 0 Å². The van der Waals surface area contributed by atoms with E-state index in [1.165, 1.54) is 0 Å². The van der Waals surface area contributed by atoms with Gasteiger partial charge in [0.05, 0.1) is 0 Å². The Labute approximate surface area is 62.0 Å². The lowest BCUT2D eigenvalue weighted by Gasteiger charge is -2.13. The predicted octanol–water partition coefficient (Wildman–Crippen LogP) is -0.974. The molecule has 2 amide bonds. The van der Waals surface area contributed by atoms with E-state index in [0.717, 1.165) is 6.92 Å². The van der Waals surface area contributed by atoms with Crippen molar-refractivity contribution in [3.63, 3.8) is 0 Å². The Kier molecular flexibility index (Phi) is 2.43. The third kappa shape index (κ3) is 1.59. The molecule has 7 nitrogen and oxygen atoms in total. The van der Waals surface area contributed by atoms with Crippen LogP contribution < -0.4 is 11.5 Å². The minimum atomic E-state index is -1.96. The molecule has 0 aromatic rings. The number of amides is 2. The van der Waals surface area contributed by atoms with Crippen LogP contribution in [0.15, 0.2) is 5.11 Å². The van der Waals surface area contributed by atoms with E-state index in [1.807, 2.05) is 0 Å². The second-order valence-corrected chi connectivity index (χ2v) is 1.99. The van der Waals surface area contributed by atoms with Crippen LogP contribution in [0.3, 0.4) is 0 Å². The van der Waals surface area contributed by atoms with Crippen molar-refractivity contribution in [1.82, 2.24) is 0 Å². The van der Waals surface area contributed by atoms with E-state index in [2.05, 4.69) is 10.0 Å². The number of rotatable bonds is 3. The van der Waals surface area contributed by atoms with Crippen LogP contribution in [-0.2, 0) is 9.59 Å². The van der Waals surface area contributed by atoms with Crippen molar-refractivity contribution < 1.29 is 9.59 Å². The van der Waals surface area contributed by atoms with E-state index in [-0.39, 0.29) is 0 Å². The van der Waals surface area contributed by atoms with Crippen molar-refractivity contribution in [3.05, 3.63) is 10.4 Å². The summed E-state index contributed by atoms with van der Waals surface area (Å²) in [5.74, 6) is -2.13. The molecule has 0 atom stereocenters. The zero-order chi connectivity index (χ0) is 9.07. The quantitative estimate of drug-likeness (QED) is 0.236. The monoisotopic (exact) mass is 157 g/mol. The summed E-state index contributed by atoms with van der Waals surface area (Å²) in [7, 11) is 0. The number of nitrogens with two attached hydrogens (primary N) is 2. The summed E-state index contributed by atoms with van der Waals surface area (Å²) in [4.78, 5) is 23.3. The Morgan fingerprint density at radius 3 is 1.91 bits per heavy atom. The van der Waals surface area contributed by atoms with Gasteiger partial charge in [0.25, 0.3) is 0 Å². The molecule has 0 unspecified atom stereocenters. The molecular formula is C4H7N5O2. The van der Waals surface area contributed by atoms with Crippen LogP contribution in [-0.4, -0.2) is 17.4 Å². The molecular weight excluding hydrogens is 150 g/mol. The third-order valence-electron chi connectivity index (χ3n) is 1.20. The maximum atomic E-state index is 10.5. The van der Waals surface area contributed by atoms with Gasteiger partial charge in [-0.25, -0.2) is 0 Å². The average molecular weight is 157 g/mol. The van der Waals surface area contributed by atoms with Crippen LogP contribution in [0.2, 0.25) is 0 Å². The SMILES string of the molecule is CC(N=[N+]=[N-])(C(N)=O)C(N)=O. The summed E-state index contributed by atoms with van der Waals surface area (Å²) in [6.45, 7) is 1.05. The maximum Gasteiger partial charge on any atom is 0.238 e. The van der Waals surface area contributed by atoms with E-state index < -0.39 is 17.4 Å². The van der Waals surface area contributed by atoms with E-state index >= 15 is 0 Å². The number of azide groups is 1. The van der Waals surface area contributed by atoms with Gasteiger partial charge in [0.2, 0.25) is 17.4 Å². The van der Waals surface area contributed by atoms with Gasteiger partial charge in [-0.05, 0) is 12.5 Å². The molecule has 0 fully saturated rings. The molecule has 0 aromatic heterocycles. The molecule has 11 heavy (non-hydrogen) atoms. The first-order valence-corrected chi connectivity index (χ1v) is 2.61. The number of hydrogen-bond donors (Lipinski definition) is 2. The van der Waals surface area contributed by atoms with Crippen LogP contribution in [0.1, 0.15) is 6.92 Å². The van der Waals surface area contributed by atoms with E-state index in [0.29, 0.717) is 0 Å². The van der Waals surface area contributed by atoms with E-state index in [9.17, 15) is 9.59 Å². The first-order chi connectivity index (χ1) is 4.95. The van der Waals surface area contributed by atoms with Crippen molar-refractivity contribution in [1.29, 1.82) is 0 Å². The fraction of sp³-hybridized carbons (Fsp3) is 0.500. The van der Waals surface area contributed by atoms with Crippen molar-refractivity contribution in [3.8, 4) is 0 Å². The fourth-order valence-corrected chi connectivity index (χ4v) is 0.309. The maximum absolute atomic E-state index is 10.5. The summed E-state index contributed by atoms with van der Waals surface area (Å²) in [6.07, 6.45) is 0. The highest BCUT2D eigenvalue weighted by Gasteiger charge is 2.36. The fourth-order valence-electron chi connectivity index (χ4n) is 0.309. The molecule has 0 aromatic carbocycles. The van der Waals surface area contributed by atoms with Crippen molar-refractivity contribution in [2.75, 3.05) is 0 Å². The number of nitrogens with zero attached hydrogens (tertiary/aromatic N) is 3. The standard InChI is InChI=1S/C4H7N5O2/c1-4(2(5)10,3(6)11)8-9-7/h1H3,(H2,5,10)(H2,6,11). The minimum Gasteiger partial charge on any atom is -0.369 e. The summed E-state index contributed by atoms with van der Waals surface area (Å²) < 4.78 is 0. The molecule has 0 saturated carbocycles. The molecule has 0 spiro atoms. The Hall–Kier alpha value is -1.75. The number of hydrogen-bond acceptors (Lipinski definition) is 3. The van der Waals surface area contributed by atoms with Gasteiger partial charge in [-0.3, -0.25) is 9.59 Å². The summed E-state index contributed by atoms with van der Waals surface area (Å²) in [5.41, 5.74) is 15.5. The Bertz CT molecular complexity index is 221. The Morgan fingerprint density at radius 2 is 1.82 bits per heavy atom. The first-order valence-electron chi connectivity index (χ1n) is 2.61. The highest BCUT2D eigenvalue weighted by molar-refractivity contribution is 6.08. The van der Waals surface area contributed by atoms with Crippen molar-refractivity contribution in [2.24, 2.45) is 16.6 Å². The van der Waals surface area contributed by atoms with Gasteiger partial charge in [-0.2, -0.15) is 0 Å². The minimum absolute atomic E-state index is 1.05. The highest BCUT2D eigenvalue weighted by atomic mass is 16.2. The van der Waals surface area contributed by atoms with Crippen molar-refractivity contribution >= 4 is 11.8 Å². The van der Waals surface area contributed by atoms with Gasteiger partial charge < -0.3 is 11.5 Å². The van der Waals surface area contributed by atoms with Gasteiger partial charge in [-0.1, -0.05) is 5.11 Å². The third-order valence-corrected chi connectivity index (χ3v) is 1.20. The van der Waals surface area contributed by atoms with Crippen molar-refractivity contribution in [2.45, 2.75) is 12.5 Å². The molecule has 0 bridgehead atoms. The van der Waals surface area contributed by atoms with Crippen LogP contribution in [0.5, 0.6) is 0 Å². The lowest BCUT2D eigenvalue weighted by Crippen LogP contribution is -2.49. The van der Waals surface area contributed by atoms with Crippen LogP contribution in [0.4, 0.5) is 0 Å². The normalized spacial score (nSPS) is 9.91. The molecule has 0 aliphatic carbocycles. The molecule has 0 aliphatic rings. The zero-order valence-corrected chi connectivity index (χ0v) is 5.81. The second kappa shape index (κ2) is 2.89. The Balaban J connectivity index is 4.97. The van der Waals surface area contributed by atoms with Crippen LogP contribution in [0.25, 0.3) is 10.4 Å². The molecule has 0 heterocycles. The lowest BCUT2D eigenvalue weighted by molar-refractivity contribution is -0.132. The average Bonchev–Trinajstić information content (AvgIpc) is 1.87.